The van der Waals surface area contributed by atoms with Gasteiger partial charge in [-0.3, -0.25) is 9.67 Å². The van der Waals surface area contributed by atoms with Crippen molar-refractivity contribution in [3.63, 3.8) is 0 Å². The van der Waals surface area contributed by atoms with Gasteiger partial charge >= 0.3 is 0 Å². The van der Waals surface area contributed by atoms with Gasteiger partial charge in [-0.15, -0.1) is 6.58 Å². The molecule has 2 N–H and O–H groups in total. The molecule has 4 rings (SSSR count). The zero-order chi connectivity index (χ0) is 20.5. The number of ether oxygens (including phenoxy) is 1. The Morgan fingerprint density at radius 1 is 1.34 bits per heavy atom. The maximum absolute atomic E-state index is 6.01. The van der Waals surface area contributed by atoms with Crippen molar-refractivity contribution in [2.75, 3.05) is 25.0 Å². The summed E-state index contributed by atoms with van der Waals surface area (Å²) in [6, 6.07) is 6.12. The van der Waals surface area contributed by atoms with Crippen LogP contribution in [0.5, 0.6) is 5.88 Å². The Labute approximate surface area is 171 Å². The Morgan fingerprint density at radius 2 is 2.21 bits per heavy atom. The lowest BCUT2D eigenvalue weighted by atomic mass is 10.1. The van der Waals surface area contributed by atoms with Gasteiger partial charge < -0.3 is 15.4 Å². The predicted molar refractivity (Wildman–Crippen MR) is 116 cm³/mol. The molecule has 0 spiro atoms. The first-order valence-electron chi connectivity index (χ1n) is 9.76. The fraction of sp³-hybridized carbons (Fsp3) is 0.318. The van der Waals surface area contributed by atoms with Gasteiger partial charge in [0.15, 0.2) is 0 Å². The van der Waals surface area contributed by atoms with Crippen molar-refractivity contribution in [1.82, 2.24) is 25.1 Å². The predicted octanol–water partition coefficient (Wildman–Crippen LogP) is 3.07. The van der Waals surface area contributed by atoms with E-state index in [2.05, 4.69) is 44.4 Å². The Hall–Kier alpha value is -3.19. The summed E-state index contributed by atoms with van der Waals surface area (Å²) in [7, 11) is 1.91. The Balaban J connectivity index is 0.000000755. The molecule has 1 unspecified atom stereocenters. The smallest absolute Gasteiger partial charge is 0.237 e. The molecule has 4 heterocycles. The molecule has 152 valence electrons. The molecule has 7 heteroatoms. The van der Waals surface area contributed by atoms with Gasteiger partial charge in [-0.2, -0.15) is 5.10 Å². The van der Waals surface area contributed by atoms with Gasteiger partial charge in [0, 0.05) is 49.5 Å². The standard InChI is InChI=1S/C19H22N6O.C3H6/c1-25-13-16(10-24-25)15-7-18-19(23-9-15)26-17(12-22-18)11-21-6-4-14-3-2-5-20-8-14;1-3-2/h2-3,5,7-10,13,17,21-22H,4,6,11-12H2,1H3;3H,1H2,2H3. The fourth-order valence-corrected chi connectivity index (χ4v) is 2.98. The summed E-state index contributed by atoms with van der Waals surface area (Å²) >= 11 is 0. The van der Waals surface area contributed by atoms with Crippen LogP contribution < -0.4 is 15.4 Å². The quantitative estimate of drug-likeness (QED) is 0.496. The number of aryl methyl sites for hydroxylation is 1. The first kappa shape index (κ1) is 20.5. The van der Waals surface area contributed by atoms with Gasteiger partial charge in [0.1, 0.15) is 6.10 Å². The largest absolute Gasteiger partial charge is 0.470 e. The van der Waals surface area contributed by atoms with Crippen molar-refractivity contribution in [3.8, 4) is 17.0 Å². The highest BCUT2D eigenvalue weighted by Crippen LogP contribution is 2.30. The normalized spacial score (nSPS) is 14.6. The van der Waals surface area contributed by atoms with Crippen LogP contribution in [0, 0.1) is 0 Å². The molecule has 0 fully saturated rings. The van der Waals surface area contributed by atoms with E-state index >= 15 is 0 Å². The molecule has 0 aliphatic carbocycles. The number of hydrogen-bond acceptors (Lipinski definition) is 6. The molecule has 0 bridgehead atoms. The zero-order valence-corrected chi connectivity index (χ0v) is 17.0. The highest BCUT2D eigenvalue weighted by Gasteiger charge is 2.20. The number of anilines is 1. The van der Waals surface area contributed by atoms with Crippen molar-refractivity contribution in [3.05, 3.63) is 67.4 Å². The van der Waals surface area contributed by atoms with Crippen molar-refractivity contribution in [1.29, 1.82) is 0 Å². The van der Waals surface area contributed by atoms with E-state index in [1.54, 1.807) is 17.0 Å². The van der Waals surface area contributed by atoms with Crippen LogP contribution in [-0.2, 0) is 13.5 Å². The van der Waals surface area contributed by atoms with Crippen molar-refractivity contribution < 1.29 is 4.74 Å². The summed E-state index contributed by atoms with van der Waals surface area (Å²) < 4.78 is 7.79. The van der Waals surface area contributed by atoms with Crippen molar-refractivity contribution >= 4 is 5.69 Å². The summed E-state index contributed by atoms with van der Waals surface area (Å²) in [6.07, 6.45) is 12.1. The number of aromatic nitrogens is 4. The van der Waals surface area contributed by atoms with Crippen LogP contribution >= 0.6 is 0 Å². The molecule has 1 atom stereocenters. The number of pyridine rings is 2. The van der Waals surface area contributed by atoms with Crippen molar-refractivity contribution in [2.24, 2.45) is 7.05 Å². The van der Waals surface area contributed by atoms with Gasteiger partial charge in [-0.25, -0.2) is 4.98 Å². The van der Waals surface area contributed by atoms with E-state index in [0.717, 1.165) is 42.9 Å². The monoisotopic (exact) mass is 392 g/mol. The molecule has 3 aromatic heterocycles. The van der Waals surface area contributed by atoms with E-state index in [9.17, 15) is 0 Å². The second kappa shape index (κ2) is 10.4. The minimum atomic E-state index is 0.0631. The van der Waals surface area contributed by atoms with Crippen LogP contribution in [0.2, 0.25) is 0 Å². The van der Waals surface area contributed by atoms with Gasteiger partial charge in [0.2, 0.25) is 5.88 Å². The van der Waals surface area contributed by atoms with Crippen LogP contribution in [0.3, 0.4) is 0 Å². The lowest BCUT2D eigenvalue weighted by molar-refractivity contribution is 0.194. The maximum Gasteiger partial charge on any atom is 0.237 e. The highest BCUT2D eigenvalue weighted by atomic mass is 16.5. The van der Waals surface area contributed by atoms with Gasteiger partial charge in [-0.05, 0) is 37.6 Å². The third-order valence-corrected chi connectivity index (χ3v) is 4.37. The first-order chi connectivity index (χ1) is 14.2. The Bertz CT molecular complexity index is 909. The summed E-state index contributed by atoms with van der Waals surface area (Å²) in [6.45, 7) is 7.68. The van der Waals surface area contributed by atoms with Crippen LogP contribution in [0.25, 0.3) is 11.1 Å². The fourth-order valence-electron chi connectivity index (χ4n) is 2.98. The summed E-state index contributed by atoms with van der Waals surface area (Å²) in [5.74, 6) is 0.656. The number of nitrogens with zero attached hydrogens (tertiary/aromatic N) is 4. The van der Waals surface area contributed by atoms with E-state index in [0.29, 0.717) is 5.88 Å². The van der Waals surface area contributed by atoms with E-state index in [1.165, 1.54) is 5.56 Å². The van der Waals surface area contributed by atoms with Crippen LogP contribution in [0.4, 0.5) is 5.69 Å². The lowest BCUT2D eigenvalue weighted by Gasteiger charge is -2.27. The summed E-state index contributed by atoms with van der Waals surface area (Å²) in [4.78, 5) is 8.61. The van der Waals surface area contributed by atoms with Crippen LogP contribution in [-0.4, -0.2) is 45.5 Å². The van der Waals surface area contributed by atoms with E-state index in [1.807, 2.05) is 44.8 Å². The number of rotatable bonds is 6. The number of fused-ring (bicyclic) bond motifs is 1. The molecular weight excluding hydrogens is 364 g/mol. The second-order valence-electron chi connectivity index (χ2n) is 6.82. The topological polar surface area (TPSA) is 76.9 Å². The third-order valence-electron chi connectivity index (χ3n) is 4.37. The van der Waals surface area contributed by atoms with E-state index in [-0.39, 0.29) is 6.10 Å². The first-order valence-corrected chi connectivity index (χ1v) is 9.76. The van der Waals surface area contributed by atoms with Crippen LogP contribution in [0.1, 0.15) is 12.5 Å². The molecule has 0 radical (unpaired) electrons. The summed E-state index contributed by atoms with van der Waals surface area (Å²) in [5.41, 5.74) is 4.24. The third kappa shape index (κ3) is 5.89. The van der Waals surface area contributed by atoms with Gasteiger partial charge in [0.05, 0.1) is 18.4 Å². The molecule has 1 aliphatic rings. The summed E-state index contributed by atoms with van der Waals surface area (Å²) in [5, 5.41) is 11.1. The molecule has 29 heavy (non-hydrogen) atoms. The van der Waals surface area contributed by atoms with Gasteiger partial charge in [0.25, 0.3) is 0 Å². The molecule has 7 nitrogen and oxygen atoms in total. The molecule has 3 aromatic rings. The minimum Gasteiger partial charge on any atom is -0.470 e. The van der Waals surface area contributed by atoms with Gasteiger partial charge in [-0.1, -0.05) is 12.1 Å². The SMILES string of the molecule is C=CC.Cn1cc(-c2cnc3c(c2)NCC(CNCCc2cccnc2)O3)cn1. The Morgan fingerprint density at radius 3 is 2.93 bits per heavy atom. The number of allylic oxidation sites excluding steroid dienone is 1. The minimum absolute atomic E-state index is 0.0631. The van der Waals surface area contributed by atoms with Crippen LogP contribution in [0.15, 0.2) is 61.8 Å². The average molecular weight is 393 g/mol. The zero-order valence-electron chi connectivity index (χ0n) is 17.0. The molecule has 0 aromatic carbocycles. The highest BCUT2D eigenvalue weighted by molar-refractivity contribution is 5.69. The number of nitrogens with one attached hydrogen (secondary N) is 2. The van der Waals surface area contributed by atoms with E-state index < -0.39 is 0 Å². The average Bonchev–Trinajstić information content (AvgIpc) is 3.18. The molecule has 0 saturated carbocycles. The number of hydrogen-bond donors (Lipinski definition) is 2. The lowest BCUT2D eigenvalue weighted by Crippen LogP contribution is -2.40. The van der Waals surface area contributed by atoms with E-state index in [4.69, 9.17) is 4.74 Å². The molecular formula is C22H28N6O. The Kier molecular flexibility index (Phi) is 7.35. The second-order valence-corrected chi connectivity index (χ2v) is 6.82. The molecule has 1 aliphatic heterocycles. The van der Waals surface area contributed by atoms with Crippen molar-refractivity contribution in [2.45, 2.75) is 19.4 Å². The molecule has 0 amide bonds. The maximum atomic E-state index is 6.01. The molecule has 0 saturated heterocycles.